The van der Waals surface area contributed by atoms with Gasteiger partial charge in [-0.25, -0.2) is 14.4 Å². The maximum absolute atomic E-state index is 13.5. The van der Waals surface area contributed by atoms with Crippen LogP contribution in [0.1, 0.15) is 11.3 Å². The molecule has 4 nitrogen and oxygen atoms in total. The fourth-order valence-corrected chi connectivity index (χ4v) is 1.56. The summed E-state index contributed by atoms with van der Waals surface area (Å²) in [4.78, 5) is 7.71. The van der Waals surface area contributed by atoms with Crippen LogP contribution in [0.15, 0.2) is 30.6 Å². The number of anilines is 2. The van der Waals surface area contributed by atoms with Crippen molar-refractivity contribution in [2.24, 2.45) is 5.73 Å². The summed E-state index contributed by atoms with van der Waals surface area (Å²) in [6, 6.07) is 2.03. The maximum Gasteiger partial charge on any atom is 0.416 e. The molecule has 1 heterocycles. The summed E-state index contributed by atoms with van der Waals surface area (Å²) in [5, 5.41) is 2.42. The number of nitrogens with zero attached hydrogens (tertiary/aromatic N) is 2. The van der Waals surface area contributed by atoms with E-state index >= 15 is 0 Å². The first-order valence-electron chi connectivity index (χ1n) is 5.53. The smallest absolute Gasteiger partial charge is 0.388 e. The van der Waals surface area contributed by atoms with Crippen molar-refractivity contribution in [3.8, 4) is 0 Å². The van der Waals surface area contributed by atoms with Gasteiger partial charge in [0.15, 0.2) is 0 Å². The second kappa shape index (κ2) is 5.60. The van der Waals surface area contributed by atoms with Gasteiger partial charge in [0.1, 0.15) is 22.3 Å². The molecular weight excluding hydrogens is 308 g/mol. The molecule has 9 heteroatoms. The Kier molecular flexibility index (Phi) is 4.03. The molecule has 110 valence electrons. The standard InChI is InChI=1S/C12H8F4N4S/c13-7-2-1-6(12(14,15)16)3-8(7)20-10-5-18-9(4-19-10)11(17)21/h1-5H,(H2,17,21)(H,19,20). The summed E-state index contributed by atoms with van der Waals surface area (Å²) in [6.07, 6.45) is -2.14. The number of nitrogens with one attached hydrogen (secondary N) is 1. The highest BCUT2D eigenvalue weighted by atomic mass is 32.1. The van der Waals surface area contributed by atoms with E-state index in [1.54, 1.807) is 0 Å². The van der Waals surface area contributed by atoms with Gasteiger partial charge in [-0.15, -0.1) is 0 Å². The first-order valence-corrected chi connectivity index (χ1v) is 5.94. The molecule has 0 aliphatic rings. The molecule has 0 bridgehead atoms. The third kappa shape index (κ3) is 3.63. The molecule has 0 saturated carbocycles. The van der Waals surface area contributed by atoms with Gasteiger partial charge in [-0.1, -0.05) is 12.2 Å². The van der Waals surface area contributed by atoms with Crippen molar-refractivity contribution in [2.45, 2.75) is 6.18 Å². The lowest BCUT2D eigenvalue weighted by atomic mass is 10.2. The minimum absolute atomic E-state index is 0.0271. The SMILES string of the molecule is NC(=S)c1cnc(Nc2cc(C(F)(F)F)ccc2F)cn1. The second-order valence-electron chi connectivity index (χ2n) is 3.97. The van der Waals surface area contributed by atoms with Crippen LogP contribution in [0.4, 0.5) is 29.1 Å². The third-order valence-electron chi connectivity index (χ3n) is 2.46. The van der Waals surface area contributed by atoms with E-state index in [-0.39, 0.29) is 22.2 Å². The molecule has 1 aromatic heterocycles. The maximum atomic E-state index is 13.5. The van der Waals surface area contributed by atoms with E-state index in [9.17, 15) is 17.6 Å². The lowest BCUT2D eigenvalue weighted by Crippen LogP contribution is -2.12. The van der Waals surface area contributed by atoms with E-state index in [1.165, 1.54) is 12.4 Å². The number of thiocarbonyl (C=S) groups is 1. The van der Waals surface area contributed by atoms with E-state index in [1.807, 2.05) is 0 Å². The van der Waals surface area contributed by atoms with Gasteiger partial charge < -0.3 is 11.1 Å². The minimum atomic E-state index is -4.56. The van der Waals surface area contributed by atoms with Crippen LogP contribution in [0, 0.1) is 5.82 Å². The lowest BCUT2D eigenvalue weighted by Gasteiger charge is -2.11. The molecule has 0 radical (unpaired) electrons. The van der Waals surface area contributed by atoms with E-state index in [0.717, 1.165) is 6.07 Å². The summed E-state index contributed by atoms with van der Waals surface area (Å²) in [7, 11) is 0. The largest absolute Gasteiger partial charge is 0.416 e. The summed E-state index contributed by atoms with van der Waals surface area (Å²) in [5.41, 5.74) is 4.25. The van der Waals surface area contributed by atoms with Gasteiger partial charge in [0.05, 0.1) is 23.6 Å². The third-order valence-corrected chi connectivity index (χ3v) is 2.67. The minimum Gasteiger partial charge on any atom is -0.388 e. The molecule has 0 spiro atoms. The van der Waals surface area contributed by atoms with Gasteiger partial charge in [-0.2, -0.15) is 13.2 Å². The number of halogens is 4. The molecule has 21 heavy (non-hydrogen) atoms. The molecule has 2 aromatic rings. The highest BCUT2D eigenvalue weighted by Gasteiger charge is 2.31. The molecule has 2 rings (SSSR count). The number of rotatable bonds is 3. The van der Waals surface area contributed by atoms with Crippen LogP contribution in [0.2, 0.25) is 0 Å². The Morgan fingerprint density at radius 3 is 2.43 bits per heavy atom. The van der Waals surface area contributed by atoms with E-state index < -0.39 is 17.6 Å². The van der Waals surface area contributed by atoms with Crippen molar-refractivity contribution in [1.29, 1.82) is 0 Å². The van der Waals surface area contributed by atoms with Crippen LogP contribution in [0.3, 0.4) is 0 Å². The van der Waals surface area contributed by atoms with Crippen molar-refractivity contribution in [1.82, 2.24) is 9.97 Å². The van der Waals surface area contributed by atoms with Gasteiger partial charge in [0.25, 0.3) is 0 Å². The fraction of sp³-hybridized carbons (Fsp3) is 0.0833. The molecule has 0 atom stereocenters. The zero-order valence-electron chi connectivity index (χ0n) is 10.3. The Hall–Kier alpha value is -2.29. The zero-order chi connectivity index (χ0) is 15.6. The molecule has 3 N–H and O–H groups in total. The van der Waals surface area contributed by atoms with E-state index in [4.69, 9.17) is 5.73 Å². The van der Waals surface area contributed by atoms with Gasteiger partial charge in [0, 0.05) is 0 Å². The fourth-order valence-electron chi connectivity index (χ4n) is 1.46. The van der Waals surface area contributed by atoms with Gasteiger partial charge in [-0.05, 0) is 18.2 Å². The van der Waals surface area contributed by atoms with Gasteiger partial charge in [-0.3, -0.25) is 0 Å². The first kappa shape index (κ1) is 15.1. The number of alkyl halides is 3. The molecule has 0 fully saturated rings. The van der Waals surface area contributed by atoms with Crippen LogP contribution in [-0.4, -0.2) is 15.0 Å². The highest BCUT2D eigenvalue weighted by Crippen LogP contribution is 2.32. The lowest BCUT2D eigenvalue weighted by molar-refractivity contribution is -0.137. The molecule has 0 amide bonds. The number of hydrogen-bond donors (Lipinski definition) is 2. The molecule has 0 saturated heterocycles. The van der Waals surface area contributed by atoms with Crippen LogP contribution >= 0.6 is 12.2 Å². The molecule has 0 aliphatic carbocycles. The quantitative estimate of drug-likeness (QED) is 0.673. The Morgan fingerprint density at radius 1 is 1.19 bits per heavy atom. The van der Waals surface area contributed by atoms with Crippen LogP contribution in [0.5, 0.6) is 0 Å². The first-order chi connectivity index (χ1) is 9.77. The monoisotopic (exact) mass is 316 g/mol. The number of nitrogens with two attached hydrogens (primary N) is 1. The number of hydrogen-bond acceptors (Lipinski definition) is 4. The normalized spacial score (nSPS) is 11.2. The average Bonchev–Trinajstić information content (AvgIpc) is 2.40. The molecule has 0 aliphatic heterocycles. The van der Waals surface area contributed by atoms with Crippen molar-refractivity contribution >= 4 is 28.7 Å². The predicted octanol–water partition coefficient (Wildman–Crippen LogP) is 3.01. The van der Waals surface area contributed by atoms with Crippen molar-refractivity contribution < 1.29 is 17.6 Å². The molecule has 0 unspecified atom stereocenters. The van der Waals surface area contributed by atoms with Crippen LogP contribution < -0.4 is 11.1 Å². The number of benzene rings is 1. The van der Waals surface area contributed by atoms with Crippen LogP contribution in [0.25, 0.3) is 0 Å². The Balaban J connectivity index is 2.28. The summed E-state index contributed by atoms with van der Waals surface area (Å²) in [6.45, 7) is 0. The average molecular weight is 316 g/mol. The zero-order valence-corrected chi connectivity index (χ0v) is 11.1. The predicted molar refractivity (Wildman–Crippen MR) is 72.6 cm³/mol. The second-order valence-corrected chi connectivity index (χ2v) is 4.41. The Labute approximate surface area is 122 Å². The van der Waals surface area contributed by atoms with Crippen molar-refractivity contribution in [3.63, 3.8) is 0 Å². The Bertz CT molecular complexity index is 670. The van der Waals surface area contributed by atoms with E-state index in [0.29, 0.717) is 12.1 Å². The van der Waals surface area contributed by atoms with Crippen molar-refractivity contribution in [2.75, 3.05) is 5.32 Å². The summed E-state index contributed by atoms with van der Waals surface area (Å²) < 4.78 is 51.3. The number of aromatic nitrogens is 2. The molecule has 1 aromatic carbocycles. The van der Waals surface area contributed by atoms with E-state index in [2.05, 4.69) is 27.5 Å². The molecular formula is C12H8F4N4S. The Morgan fingerprint density at radius 2 is 1.90 bits per heavy atom. The topological polar surface area (TPSA) is 63.8 Å². The summed E-state index contributed by atoms with van der Waals surface area (Å²) in [5.74, 6) is -0.781. The summed E-state index contributed by atoms with van der Waals surface area (Å²) >= 11 is 4.68. The van der Waals surface area contributed by atoms with Gasteiger partial charge >= 0.3 is 6.18 Å². The van der Waals surface area contributed by atoms with Gasteiger partial charge in [0.2, 0.25) is 0 Å². The van der Waals surface area contributed by atoms with Crippen LogP contribution in [-0.2, 0) is 6.18 Å². The van der Waals surface area contributed by atoms with Crippen molar-refractivity contribution in [3.05, 3.63) is 47.7 Å². The highest BCUT2D eigenvalue weighted by molar-refractivity contribution is 7.80.